The lowest BCUT2D eigenvalue weighted by Crippen LogP contribution is -2.16. The topological polar surface area (TPSA) is 61.8 Å². The smallest absolute Gasteiger partial charge is 0.316 e. The van der Waals surface area contributed by atoms with Crippen molar-refractivity contribution in [3.8, 4) is 11.5 Å². The van der Waals surface area contributed by atoms with Crippen LogP contribution in [0.2, 0.25) is 5.02 Å². The van der Waals surface area contributed by atoms with Gasteiger partial charge in [-0.15, -0.1) is 11.8 Å². The quantitative estimate of drug-likeness (QED) is 0.284. The van der Waals surface area contributed by atoms with E-state index >= 15 is 0 Å². The molecule has 0 aliphatic carbocycles. The number of Topliss-reactive ketones (excluding diaryl/α,β-unsaturated/α-hetero) is 1. The molecule has 3 aromatic rings. The fourth-order valence-electron chi connectivity index (χ4n) is 2.81. The molecule has 0 amide bonds. The minimum atomic E-state index is -0.486. The number of hydrogen-bond acceptors (Lipinski definition) is 6. The first-order chi connectivity index (χ1) is 14.0. The van der Waals surface area contributed by atoms with Gasteiger partial charge in [0, 0.05) is 21.4 Å². The van der Waals surface area contributed by atoms with Crippen LogP contribution in [0.1, 0.15) is 10.4 Å². The summed E-state index contributed by atoms with van der Waals surface area (Å²) in [5.41, 5.74) is 0.328. The van der Waals surface area contributed by atoms with E-state index in [0.717, 1.165) is 15.7 Å². The zero-order valence-electron chi connectivity index (χ0n) is 15.9. The summed E-state index contributed by atoms with van der Waals surface area (Å²) in [5.74, 6) is 0.166. The van der Waals surface area contributed by atoms with Crippen LogP contribution in [0.4, 0.5) is 0 Å². The Hall–Kier alpha value is -2.70. The highest BCUT2D eigenvalue weighted by Crippen LogP contribution is 2.33. The Balaban J connectivity index is 1.60. The lowest BCUT2D eigenvalue weighted by molar-refractivity contribution is -0.139. The molecular weight excluding hydrogens is 412 g/mol. The Morgan fingerprint density at radius 3 is 2.48 bits per heavy atom. The zero-order valence-corrected chi connectivity index (χ0v) is 17.5. The molecule has 3 rings (SSSR count). The Bertz CT molecular complexity index is 1050. The molecule has 0 atom stereocenters. The van der Waals surface area contributed by atoms with E-state index < -0.39 is 5.97 Å². The summed E-state index contributed by atoms with van der Waals surface area (Å²) in [4.78, 5) is 25.4. The Morgan fingerprint density at radius 1 is 1.00 bits per heavy atom. The second kappa shape index (κ2) is 9.67. The van der Waals surface area contributed by atoms with Crippen molar-refractivity contribution < 1.29 is 23.8 Å². The number of methoxy groups -OCH3 is 2. The van der Waals surface area contributed by atoms with Gasteiger partial charge in [-0.05, 0) is 29.7 Å². The number of benzene rings is 3. The summed E-state index contributed by atoms with van der Waals surface area (Å²) < 4.78 is 15.5. The van der Waals surface area contributed by atoms with Gasteiger partial charge in [0.2, 0.25) is 5.78 Å². The average molecular weight is 431 g/mol. The van der Waals surface area contributed by atoms with Crippen LogP contribution >= 0.6 is 23.4 Å². The molecule has 29 heavy (non-hydrogen) atoms. The summed E-state index contributed by atoms with van der Waals surface area (Å²) in [7, 11) is 2.99. The Morgan fingerprint density at radius 2 is 1.76 bits per heavy atom. The average Bonchev–Trinajstić information content (AvgIpc) is 2.75. The minimum Gasteiger partial charge on any atom is -0.497 e. The first-order valence-electron chi connectivity index (χ1n) is 8.74. The number of rotatable bonds is 8. The number of thioether (sulfide) groups is 1. The van der Waals surface area contributed by atoms with Crippen LogP contribution in [0.25, 0.3) is 10.8 Å². The molecular formula is C22H19ClO5S. The van der Waals surface area contributed by atoms with Crippen LogP contribution in [0.5, 0.6) is 11.5 Å². The van der Waals surface area contributed by atoms with Crippen LogP contribution in [-0.2, 0) is 9.53 Å². The highest BCUT2D eigenvalue weighted by atomic mass is 35.5. The number of ketones is 1. The Kier molecular flexibility index (Phi) is 7.01. The van der Waals surface area contributed by atoms with Crippen LogP contribution in [0.3, 0.4) is 0 Å². The summed E-state index contributed by atoms with van der Waals surface area (Å²) in [6.07, 6.45) is 0. The summed E-state index contributed by atoms with van der Waals surface area (Å²) in [6.45, 7) is -0.363. The minimum absolute atomic E-state index is 0.0668. The van der Waals surface area contributed by atoms with Gasteiger partial charge in [0.25, 0.3) is 0 Å². The number of carbonyl (C=O) groups is 2. The molecule has 0 aromatic heterocycles. The second-order valence-corrected chi connectivity index (χ2v) is 7.46. The monoisotopic (exact) mass is 430 g/mol. The van der Waals surface area contributed by atoms with Crippen molar-refractivity contribution in [2.45, 2.75) is 4.90 Å². The van der Waals surface area contributed by atoms with E-state index in [1.165, 1.54) is 26.0 Å². The van der Waals surface area contributed by atoms with Crippen molar-refractivity contribution in [2.24, 2.45) is 0 Å². The fourth-order valence-corrected chi connectivity index (χ4v) is 4.06. The van der Waals surface area contributed by atoms with Crippen LogP contribution in [0, 0.1) is 0 Å². The zero-order chi connectivity index (χ0) is 20.8. The third-order valence-corrected chi connectivity index (χ3v) is 5.58. The molecule has 0 aliphatic rings. The van der Waals surface area contributed by atoms with Crippen molar-refractivity contribution in [1.82, 2.24) is 0 Å². The first-order valence-corrected chi connectivity index (χ1v) is 10.1. The number of carbonyl (C=O) groups excluding carboxylic acids is 2. The third kappa shape index (κ3) is 5.02. The van der Waals surface area contributed by atoms with Gasteiger partial charge in [-0.3, -0.25) is 9.59 Å². The second-order valence-electron chi connectivity index (χ2n) is 6.03. The van der Waals surface area contributed by atoms with E-state index in [1.54, 1.807) is 18.2 Å². The summed E-state index contributed by atoms with van der Waals surface area (Å²) in [6, 6.07) is 16.3. The molecule has 3 aromatic carbocycles. The van der Waals surface area contributed by atoms with E-state index in [2.05, 4.69) is 0 Å². The van der Waals surface area contributed by atoms with E-state index in [0.29, 0.717) is 22.1 Å². The van der Waals surface area contributed by atoms with Gasteiger partial charge in [0.1, 0.15) is 11.5 Å². The largest absolute Gasteiger partial charge is 0.497 e. The van der Waals surface area contributed by atoms with Crippen LogP contribution in [0.15, 0.2) is 59.5 Å². The van der Waals surface area contributed by atoms with Gasteiger partial charge < -0.3 is 14.2 Å². The molecule has 7 heteroatoms. The van der Waals surface area contributed by atoms with Gasteiger partial charge in [0.15, 0.2) is 6.61 Å². The van der Waals surface area contributed by atoms with Crippen molar-refractivity contribution in [2.75, 3.05) is 26.6 Å². The molecule has 5 nitrogen and oxygen atoms in total. The number of halogens is 1. The first kappa shape index (κ1) is 21.0. The summed E-state index contributed by atoms with van der Waals surface area (Å²) >= 11 is 7.62. The fraction of sp³-hybridized carbons (Fsp3) is 0.182. The predicted molar refractivity (Wildman–Crippen MR) is 115 cm³/mol. The number of hydrogen-bond donors (Lipinski definition) is 0. The molecule has 0 N–H and O–H groups in total. The molecule has 0 spiro atoms. The molecule has 0 saturated carbocycles. The predicted octanol–water partition coefficient (Wildman–Crippen LogP) is 5.03. The van der Waals surface area contributed by atoms with Gasteiger partial charge in [-0.25, -0.2) is 0 Å². The lowest BCUT2D eigenvalue weighted by atomic mass is 10.1. The van der Waals surface area contributed by atoms with Crippen LogP contribution < -0.4 is 9.47 Å². The number of esters is 1. The molecule has 0 aliphatic heterocycles. The lowest BCUT2D eigenvalue weighted by Gasteiger charge is -2.10. The molecule has 0 radical (unpaired) electrons. The third-order valence-electron chi connectivity index (χ3n) is 4.23. The number of ether oxygens (including phenoxy) is 3. The maximum atomic E-state index is 12.4. The normalized spacial score (nSPS) is 10.6. The standard InChI is InChI=1S/C22H19ClO5S/c1-26-15-9-10-16(19(11-15)27-2)18(24)12-28-21(25)13-29-20-8-4-6-14-5-3-7-17(23)22(14)20/h3-11H,12-13H2,1-2H3. The van der Waals surface area contributed by atoms with Crippen LogP contribution in [-0.4, -0.2) is 38.3 Å². The molecule has 0 heterocycles. The highest BCUT2D eigenvalue weighted by Gasteiger charge is 2.16. The van der Waals surface area contributed by atoms with Crippen molar-refractivity contribution in [3.05, 3.63) is 65.2 Å². The van der Waals surface area contributed by atoms with E-state index in [-0.39, 0.29) is 18.1 Å². The molecule has 0 saturated heterocycles. The van der Waals surface area contributed by atoms with Crippen molar-refractivity contribution in [1.29, 1.82) is 0 Å². The highest BCUT2D eigenvalue weighted by molar-refractivity contribution is 8.00. The van der Waals surface area contributed by atoms with Crippen molar-refractivity contribution >= 4 is 45.9 Å². The van der Waals surface area contributed by atoms with Gasteiger partial charge in [-0.1, -0.05) is 35.9 Å². The van der Waals surface area contributed by atoms with Gasteiger partial charge in [0.05, 0.1) is 25.5 Å². The maximum absolute atomic E-state index is 12.4. The molecule has 0 bridgehead atoms. The van der Waals surface area contributed by atoms with Gasteiger partial charge >= 0.3 is 5.97 Å². The van der Waals surface area contributed by atoms with E-state index in [9.17, 15) is 9.59 Å². The number of fused-ring (bicyclic) bond motifs is 1. The maximum Gasteiger partial charge on any atom is 0.316 e. The molecule has 0 fully saturated rings. The van der Waals surface area contributed by atoms with Gasteiger partial charge in [-0.2, -0.15) is 0 Å². The summed E-state index contributed by atoms with van der Waals surface area (Å²) in [5, 5.41) is 2.52. The molecule has 150 valence electrons. The molecule has 0 unspecified atom stereocenters. The van der Waals surface area contributed by atoms with E-state index in [1.807, 2.05) is 36.4 Å². The van der Waals surface area contributed by atoms with E-state index in [4.69, 9.17) is 25.8 Å². The Labute approximate surface area is 177 Å². The SMILES string of the molecule is COc1ccc(C(=O)COC(=O)CSc2cccc3cccc(Cl)c23)c(OC)c1. The van der Waals surface area contributed by atoms with Crippen molar-refractivity contribution in [3.63, 3.8) is 0 Å².